The summed E-state index contributed by atoms with van der Waals surface area (Å²) in [6.07, 6.45) is 3.60. The van der Waals surface area contributed by atoms with E-state index in [1.54, 1.807) is 33.9 Å². The van der Waals surface area contributed by atoms with Crippen molar-refractivity contribution in [2.45, 2.75) is 90.5 Å². The zero-order chi connectivity index (χ0) is 27.3. The van der Waals surface area contributed by atoms with E-state index < -0.39 is 48.4 Å². The van der Waals surface area contributed by atoms with E-state index in [4.69, 9.17) is 0 Å². The van der Waals surface area contributed by atoms with Gasteiger partial charge in [-0.1, -0.05) is 0 Å². The third-order valence-electron chi connectivity index (χ3n) is 7.28. The van der Waals surface area contributed by atoms with Crippen LogP contribution in [0, 0.1) is 12.8 Å². The summed E-state index contributed by atoms with van der Waals surface area (Å²) in [4.78, 5) is 36.9. The van der Waals surface area contributed by atoms with Crippen molar-refractivity contribution in [1.82, 2.24) is 20.2 Å². The molecule has 2 aromatic heterocycles. The summed E-state index contributed by atoms with van der Waals surface area (Å²) < 4.78 is 28.2. The summed E-state index contributed by atoms with van der Waals surface area (Å²) in [7, 11) is 0. The molecule has 3 atom stereocenters. The van der Waals surface area contributed by atoms with Gasteiger partial charge in [0.05, 0.1) is 23.1 Å². The minimum absolute atomic E-state index is 0.0111. The van der Waals surface area contributed by atoms with Gasteiger partial charge in [-0.05, 0) is 71.9 Å². The number of thiazole rings is 1. The topological polar surface area (TPSA) is 107 Å². The Labute approximate surface area is 219 Å². The lowest BCUT2D eigenvalue weighted by Gasteiger charge is -2.26. The van der Waals surface area contributed by atoms with Gasteiger partial charge in [-0.3, -0.25) is 9.59 Å². The highest BCUT2D eigenvalue weighted by molar-refractivity contribution is 7.17. The standard InChI is InChI=1S/C26H35F2N5O3S/c1-13-9-19(30-15(3)17-7-8-17)29-11-18(13)21-20(24(35)33-12-26(27,28)10-14(33)2)32-23(37-21)22(34)31-16(4)25(5,6)36/h9,11,14-17,36H,7-8,10,12H2,1-6H3,(H,29,30)(H,31,34)/t14-,15-,16+/m0/s1. The first-order chi connectivity index (χ1) is 17.2. The summed E-state index contributed by atoms with van der Waals surface area (Å²) in [5.74, 6) is -2.82. The van der Waals surface area contributed by atoms with E-state index >= 15 is 0 Å². The number of amides is 2. The summed E-state index contributed by atoms with van der Waals surface area (Å²) in [6.45, 7) is 9.69. The van der Waals surface area contributed by atoms with E-state index in [9.17, 15) is 23.5 Å². The Bertz CT molecular complexity index is 1190. The van der Waals surface area contributed by atoms with Crippen molar-refractivity contribution in [3.05, 3.63) is 28.5 Å². The van der Waals surface area contributed by atoms with E-state index in [0.29, 0.717) is 28.2 Å². The Morgan fingerprint density at radius 3 is 2.51 bits per heavy atom. The molecule has 3 N–H and O–H groups in total. The number of hydrogen-bond acceptors (Lipinski definition) is 7. The molecule has 1 saturated carbocycles. The fourth-order valence-electron chi connectivity index (χ4n) is 4.42. The molecule has 0 radical (unpaired) electrons. The zero-order valence-corrected chi connectivity index (χ0v) is 22.9. The molecule has 0 unspecified atom stereocenters. The molecule has 8 nitrogen and oxygen atoms in total. The van der Waals surface area contributed by atoms with Crippen LogP contribution in [0.2, 0.25) is 0 Å². The molecule has 4 rings (SSSR count). The number of carbonyl (C=O) groups is 2. The number of nitrogens with one attached hydrogen (secondary N) is 2. The number of alkyl halides is 2. The lowest BCUT2D eigenvalue weighted by Crippen LogP contribution is -2.47. The second-order valence-electron chi connectivity index (χ2n) is 11.0. The van der Waals surface area contributed by atoms with Crippen molar-refractivity contribution >= 4 is 29.0 Å². The van der Waals surface area contributed by atoms with Crippen LogP contribution in [0.15, 0.2) is 12.3 Å². The van der Waals surface area contributed by atoms with Crippen LogP contribution >= 0.6 is 11.3 Å². The predicted molar refractivity (Wildman–Crippen MR) is 139 cm³/mol. The SMILES string of the molecule is Cc1cc(N[C@@H](C)C2CC2)ncc1-c1sc(C(=O)N[C@H](C)C(C)(C)O)nc1C(=O)N1CC(F)(F)C[C@@H]1C. The maximum absolute atomic E-state index is 14.1. The van der Waals surface area contributed by atoms with Crippen LogP contribution in [0.5, 0.6) is 0 Å². The minimum atomic E-state index is -2.98. The van der Waals surface area contributed by atoms with Crippen LogP contribution in [0.4, 0.5) is 14.6 Å². The third-order valence-corrected chi connectivity index (χ3v) is 8.37. The van der Waals surface area contributed by atoms with Gasteiger partial charge < -0.3 is 20.6 Å². The molecule has 11 heteroatoms. The highest BCUT2D eigenvalue weighted by atomic mass is 32.1. The van der Waals surface area contributed by atoms with Gasteiger partial charge in [-0.2, -0.15) is 0 Å². The molecular weight excluding hydrogens is 500 g/mol. The highest BCUT2D eigenvalue weighted by Gasteiger charge is 2.46. The monoisotopic (exact) mass is 535 g/mol. The van der Waals surface area contributed by atoms with Gasteiger partial charge in [0.15, 0.2) is 5.01 Å². The van der Waals surface area contributed by atoms with Crippen LogP contribution < -0.4 is 10.6 Å². The third kappa shape index (κ3) is 6.09. The molecule has 2 aliphatic rings. The zero-order valence-electron chi connectivity index (χ0n) is 22.1. The Kier molecular flexibility index (Phi) is 7.33. The maximum Gasteiger partial charge on any atom is 0.280 e. The van der Waals surface area contributed by atoms with E-state index in [2.05, 4.69) is 27.5 Å². The molecule has 3 heterocycles. The van der Waals surface area contributed by atoms with Gasteiger partial charge in [-0.25, -0.2) is 18.7 Å². The average molecular weight is 536 g/mol. The normalized spacial score (nSPS) is 21.0. The molecule has 2 fully saturated rings. The average Bonchev–Trinajstić information content (AvgIpc) is 3.48. The van der Waals surface area contributed by atoms with E-state index in [-0.39, 0.29) is 10.7 Å². The molecule has 1 aliphatic heterocycles. The fraction of sp³-hybridized carbons (Fsp3) is 0.615. The van der Waals surface area contributed by atoms with Crippen LogP contribution in [-0.4, -0.2) is 68.0 Å². The predicted octanol–water partition coefficient (Wildman–Crippen LogP) is 4.48. The first-order valence-corrected chi connectivity index (χ1v) is 13.4. The maximum atomic E-state index is 14.1. The number of hydrogen-bond donors (Lipinski definition) is 3. The highest BCUT2D eigenvalue weighted by Crippen LogP contribution is 2.38. The van der Waals surface area contributed by atoms with Crippen molar-refractivity contribution in [2.75, 3.05) is 11.9 Å². The molecule has 37 heavy (non-hydrogen) atoms. The lowest BCUT2D eigenvalue weighted by atomic mass is 10.0. The van der Waals surface area contributed by atoms with Crippen molar-refractivity contribution in [3.8, 4) is 10.4 Å². The number of aromatic nitrogens is 2. The number of pyridine rings is 1. The van der Waals surface area contributed by atoms with Gasteiger partial charge in [0.25, 0.3) is 17.7 Å². The number of likely N-dealkylation sites (tertiary alicyclic amines) is 1. The van der Waals surface area contributed by atoms with Gasteiger partial charge in [0.2, 0.25) is 0 Å². The quantitative estimate of drug-likeness (QED) is 0.460. The van der Waals surface area contributed by atoms with Crippen LogP contribution in [-0.2, 0) is 0 Å². The van der Waals surface area contributed by atoms with E-state index in [1.165, 1.54) is 12.8 Å². The first kappa shape index (κ1) is 27.4. The molecule has 0 aromatic carbocycles. The Hall–Kier alpha value is -2.66. The molecule has 1 saturated heterocycles. The van der Waals surface area contributed by atoms with Gasteiger partial charge in [-0.15, -0.1) is 11.3 Å². The Balaban J connectivity index is 1.69. The number of halogens is 2. The van der Waals surface area contributed by atoms with Gasteiger partial charge in [0, 0.05) is 30.3 Å². The van der Waals surface area contributed by atoms with E-state index in [0.717, 1.165) is 21.8 Å². The second kappa shape index (κ2) is 9.90. The van der Waals surface area contributed by atoms with E-state index in [1.807, 2.05) is 13.0 Å². The number of anilines is 1. The summed E-state index contributed by atoms with van der Waals surface area (Å²) >= 11 is 1.01. The summed E-state index contributed by atoms with van der Waals surface area (Å²) in [6, 6.07) is 0.917. The van der Waals surface area contributed by atoms with Crippen molar-refractivity contribution in [2.24, 2.45) is 5.92 Å². The number of nitrogens with zero attached hydrogens (tertiary/aromatic N) is 3. The Morgan fingerprint density at radius 1 is 1.30 bits per heavy atom. The molecule has 0 bridgehead atoms. The molecule has 1 aliphatic carbocycles. The number of aliphatic hydroxyl groups is 1. The van der Waals surface area contributed by atoms with Crippen molar-refractivity contribution in [3.63, 3.8) is 0 Å². The largest absolute Gasteiger partial charge is 0.388 e. The van der Waals surface area contributed by atoms with Gasteiger partial charge in [0.1, 0.15) is 11.5 Å². The lowest BCUT2D eigenvalue weighted by molar-refractivity contribution is 0.0118. The minimum Gasteiger partial charge on any atom is -0.388 e. The van der Waals surface area contributed by atoms with Crippen LogP contribution in [0.1, 0.15) is 79.7 Å². The van der Waals surface area contributed by atoms with Crippen LogP contribution in [0.3, 0.4) is 0 Å². The summed E-state index contributed by atoms with van der Waals surface area (Å²) in [5.41, 5.74) is 0.201. The Morgan fingerprint density at radius 2 is 1.97 bits per heavy atom. The molecular formula is C26H35F2N5O3S. The molecule has 202 valence electrons. The molecule has 2 aromatic rings. The smallest absolute Gasteiger partial charge is 0.280 e. The van der Waals surface area contributed by atoms with Crippen LogP contribution in [0.25, 0.3) is 10.4 Å². The van der Waals surface area contributed by atoms with Crippen molar-refractivity contribution < 1.29 is 23.5 Å². The molecule has 0 spiro atoms. The van der Waals surface area contributed by atoms with Crippen molar-refractivity contribution in [1.29, 1.82) is 0 Å². The van der Waals surface area contributed by atoms with Gasteiger partial charge >= 0.3 is 0 Å². The summed E-state index contributed by atoms with van der Waals surface area (Å²) in [5, 5.41) is 16.3. The second-order valence-corrected chi connectivity index (χ2v) is 12.0. The number of rotatable bonds is 8. The fourth-order valence-corrected chi connectivity index (χ4v) is 5.45. The number of aryl methyl sites for hydroxylation is 1. The first-order valence-electron chi connectivity index (χ1n) is 12.6. The number of carbonyl (C=O) groups excluding carboxylic acids is 2. The molecule has 2 amide bonds.